The summed E-state index contributed by atoms with van der Waals surface area (Å²) in [6, 6.07) is 11.8. The molecule has 0 amide bonds. The Hall–Kier alpha value is -4.14. The number of phenolic OH excluding ortho intramolecular Hbond substituents is 1. The van der Waals surface area contributed by atoms with Gasteiger partial charge < -0.3 is 19.6 Å². The van der Waals surface area contributed by atoms with E-state index < -0.39 is 0 Å². The number of aromatic hydroxyl groups is 1. The Bertz CT molecular complexity index is 1230. The molecule has 29 heavy (non-hydrogen) atoms. The predicted octanol–water partition coefficient (Wildman–Crippen LogP) is 1.72. The number of aryl methyl sites for hydroxylation is 2. The van der Waals surface area contributed by atoms with Gasteiger partial charge >= 0.3 is 6.01 Å². The van der Waals surface area contributed by atoms with E-state index in [1.165, 1.54) is 6.07 Å². The van der Waals surface area contributed by atoms with E-state index in [-0.39, 0.29) is 23.5 Å². The lowest BCUT2D eigenvalue weighted by Gasteiger charge is -2.10. The number of H-pyrrole nitrogens is 1. The van der Waals surface area contributed by atoms with E-state index in [9.17, 15) is 5.11 Å². The van der Waals surface area contributed by atoms with Crippen LogP contribution in [-0.2, 0) is 0 Å². The smallest absolute Gasteiger partial charge is 0.327 e. The third-order valence-electron chi connectivity index (χ3n) is 4.17. The summed E-state index contributed by atoms with van der Waals surface area (Å²) >= 11 is 0. The summed E-state index contributed by atoms with van der Waals surface area (Å²) in [5.41, 5.74) is 8.08. The quantitative estimate of drug-likeness (QED) is 0.299. The number of fused-ring (bicyclic) bond motifs is 1. The van der Waals surface area contributed by atoms with Crippen LogP contribution in [0.4, 0.5) is 0 Å². The molecule has 0 aliphatic carbocycles. The number of nitrogens with one attached hydrogen (secondary N) is 1. The van der Waals surface area contributed by atoms with Crippen molar-refractivity contribution in [3.63, 3.8) is 0 Å². The number of ether oxygens (including phenoxy) is 2. The van der Waals surface area contributed by atoms with Crippen molar-refractivity contribution >= 4 is 17.0 Å². The molecule has 0 bridgehead atoms. The molecule has 0 atom stereocenters. The van der Waals surface area contributed by atoms with Gasteiger partial charge in [0.15, 0.2) is 5.65 Å². The fourth-order valence-electron chi connectivity index (χ4n) is 2.73. The molecular weight excluding hydrogens is 372 g/mol. The van der Waals surface area contributed by atoms with Crippen LogP contribution in [0.25, 0.3) is 11.2 Å². The molecule has 0 unspecified atom stereocenters. The zero-order valence-electron chi connectivity index (χ0n) is 15.8. The molecule has 2 aromatic carbocycles. The Morgan fingerprint density at radius 2 is 1.90 bits per heavy atom. The van der Waals surface area contributed by atoms with Gasteiger partial charge in [0.25, 0.3) is 11.7 Å². The van der Waals surface area contributed by atoms with Gasteiger partial charge in [-0.2, -0.15) is 9.97 Å². The highest BCUT2D eigenvalue weighted by Crippen LogP contribution is 2.31. The van der Waals surface area contributed by atoms with Crippen LogP contribution < -0.4 is 20.6 Å². The number of hydrogen-bond acceptors (Lipinski definition) is 6. The summed E-state index contributed by atoms with van der Waals surface area (Å²) in [6.07, 6.45) is 0. The summed E-state index contributed by atoms with van der Waals surface area (Å²) in [4.78, 5) is 16.1. The molecule has 9 heteroatoms. The minimum atomic E-state index is 0.0509. The lowest BCUT2D eigenvalue weighted by atomic mass is 10.1. The molecular formula is C20H19N6O3+. The van der Waals surface area contributed by atoms with Gasteiger partial charge in [-0.3, -0.25) is 11.1 Å². The van der Waals surface area contributed by atoms with Crippen molar-refractivity contribution in [1.82, 2.24) is 19.9 Å². The van der Waals surface area contributed by atoms with Crippen molar-refractivity contribution in [2.45, 2.75) is 13.8 Å². The third-order valence-corrected chi connectivity index (χ3v) is 4.17. The Kier molecular flexibility index (Phi) is 4.47. The van der Waals surface area contributed by atoms with Crippen molar-refractivity contribution in [2.75, 3.05) is 0 Å². The normalized spacial score (nSPS) is 10.8. The molecule has 9 nitrogen and oxygen atoms in total. The zero-order valence-corrected chi connectivity index (χ0v) is 15.8. The predicted molar refractivity (Wildman–Crippen MR) is 106 cm³/mol. The average molecular weight is 391 g/mol. The maximum absolute atomic E-state index is 9.68. The summed E-state index contributed by atoms with van der Waals surface area (Å²) in [7, 11) is 0. The Morgan fingerprint density at radius 3 is 2.66 bits per heavy atom. The molecule has 4 rings (SSSR count). The molecule has 0 radical (unpaired) electrons. The zero-order chi connectivity index (χ0) is 20.5. The molecule has 0 aliphatic rings. The van der Waals surface area contributed by atoms with Crippen LogP contribution in [-0.4, -0.2) is 30.9 Å². The molecule has 146 valence electrons. The SMILES string of the molecule is Cc1nc2nc(Oc3cc(C(N)=[NH2+])ccc3C)nc(Oc3cccc(O)c3)c2[nH]1. The Morgan fingerprint density at radius 1 is 1.07 bits per heavy atom. The first-order valence-corrected chi connectivity index (χ1v) is 8.77. The van der Waals surface area contributed by atoms with Crippen LogP contribution in [0.3, 0.4) is 0 Å². The topological polar surface area (TPSA) is 145 Å². The van der Waals surface area contributed by atoms with Gasteiger partial charge in [-0.25, -0.2) is 4.98 Å². The molecule has 2 aromatic heterocycles. The monoisotopic (exact) mass is 391 g/mol. The summed E-state index contributed by atoms with van der Waals surface area (Å²) in [6.45, 7) is 3.68. The van der Waals surface area contributed by atoms with Crippen molar-refractivity contribution in [3.8, 4) is 29.1 Å². The number of aromatic amines is 1. The number of phenols is 1. The van der Waals surface area contributed by atoms with Gasteiger partial charge in [-0.15, -0.1) is 0 Å². The van der Waals surface area contributed by atoms with Gasteiger partial charge in [-0.1, -0.05) is 12.1 Å². The second kappa shape index (κ2) is 7.12. The van der Waals surface area contributed by atoms with E-state index in [0.717, 1.165) is 5.56 Å². The number of nitrogens with zero attached hydrogens (tertiary/aromatic N) is 3. The molecule has 6 N–H and O–H groups in total. The van der Waals surface area contributed by atoms with Crippen molar-refractivity contribution in [3.05, 3.63) is 59.4 Å². The Balaban J connectivity index is 1.76. The lowest BCUT2D eigenvalue weighted by molar-refractivity contribution is -0.114. The highest BCUT2D eigenvalue weighted by atomic mass is 16.5. The van der Waals surface area contributed by atoms with E-state index in [0.29, 0.717) is 34.1 Å². The molecule has 0 aliphatic heterocycles. The second-order valence-corrected chi connectivity index (χ2v) is 6.47. The molecule has 0 saturated carbocycles. The van der Waals surface area contributed by atoms with Crippen molar-refractivity contribution < 1.29 is 20.0 Å². The highest BCUT2D eigenvalue weighted by Gasteiger charge is 2.16. The number of amidine groups is 1. The molecule has 4 aromatic rings. The number of benzene rings is 2. The molecule has 0 fully saturated rings. The van der Waals surface area contributed by atoms with Crippen LogP contribution in [0.1, 0.15) is 17.0 Å². The van der Waals surface area contributed by atoms with Gasteiger partial charge in [0.2, 0.25) is 0 Å². The standard InChI is InChI=1S/C20H18N6O3/c1-10-6-7-12(17(21)22)8-15(10)29-20-25-18-16(23-11(2)24-18)19(26-20)28-14-5-3-4-13(27)9-14/h3-9,27H,1-2H3,(H3,21,22)(H,23,24,25,26)/p+1. The van der Waals surface area contributed by atoms with Crippen LogP contribution in [0.15, 0.2) is 42.5 Å². The summed E-state index contributed by atoms with van der Waals surface area (Å²) in [5, 5.41) is 15.4. The largest absolute Gasteiger partial charge is 0.508 e. The number of hydrogen-bond donors (Lipinski definition) is 4. The summed E-state index contributed by atoms with van der Waals surface area (Å²) < 4.78 is 11.7. The first kappa shape index (κ1) is 18.2. The molecule has 2 heterocycles. The van der Waals surface area contributed by atoms with E-state index in [4.69, 9.17) is 20.6 Å². The van der Waals surface area contributed by atoms with E-state index in [2.05, 4.69) is 19.9 Å². The van der Waals surface area contributed by atoms with Crippen LogP contribution in [0, 0.1) is 13.8 Å². The average Bonchev–Trinajstić information content (AvgIpc) is 3.04. The van der Waals surface area contributed by atoms with Crippen LogP contribution in [0.5, 0.6) is 29.1 Å². The maximum Gasteiger partial charge on any atom is 0.327 e. The minimum Gasteiger partial charge on any atom is -0.508 e. The highest BCUT2D eigenvalue weighted by molar-refractivity contribution is 5.93. The number of rotatable bonds is 5. The first-order valence-electron chi connectivity index (χ1n) is 8.77. The Labute approximate surface area is 165 Å². The van der Waals surface area contributed by atoms with Crippen molar-refractivity contribution in [1.29, 1.82) is 0 Å². The number of nitrogens with two attached hydrogens (primary N) is 2. The van der Waals surface area contributed by atoms with Gasteiger partial charge in [0.05, 0.1) is 5.56 Å². The van der Waals surface area contributed by atoms with Gasteiger partial charge in [0.1, 0.15) is 28.6 Å². The molecule has 0 saturated heterocycles. The summed E-state index contributed by atoms with van der Waals surface area (Å²) in [5.74, 6) is 2.04. The molecule has 0 spiro atoms. The van der Waals surface area contributed by atoms with Crippen molar-refractivity contribution in [2.24, 2.45) is 5.73 Å². The second-order valence-electron chi connectivity index (χ2n) is 6.47. The fraction of sp³-hybridized carbons (Fsp3) is 0.100. The van der Waals surface area contributed by atoms with E-state index in [1.54, 1.807) is 37.3 Å². The van der Waals surface area contributed by atoms with Gasteiger partial charge in [-0.05, 0) is 43.7 Å². The van der Waals surface area contributed by atoms with Crippen LogP contribution in [0.2, 0.25) is 0 Å². The van der Waals surface area contributed by atoms with E-state index >= 15 is 0 Å². The number of imidazole rings is 1. The van der Waals surface area contributed by atoms with Crippen LogP contribution >= 0.6 is 0 Å². The lowest BCUT2D eigenvalue weighted by Crippen LogP contribution is -2.46. The minimum absolute atomic E-state index is 0.0509. The maximum atomic E-state index is 9.68. The van der Waals surface area contributed by atoms with Gasteiger partial charge in [0, 0.05) is 6.07 Å². The first-order chi connectivity index (χ1) is 13.9. The fourth-order valence-corrected chi connectivity index (χ4v) is 2.73. The third kappa shape index (κ3) is 3.79. The number of aromatic nitrogens is 4. The van der Waals surface area contributed by atoms with E-state index in [1.807, 2.05) is 13.0 Å².